The molecule has 0 aliphatic heterocycles. The van der Waals surface area contributed by atoms with Gasteiger partial charge in [0, 0.05) is 11.4 Å². The predicted octanol–water partition coefficient (Wildman–Crippen LogP) is 4.86. The number of rotatable bonds is 4. The summed E-state index contributed by atoms with van der Waals surface area (Å²) in [6.07, 6.45) is 0.890. The zero-order valence-corrected chi connectivity index (χ0v) is 12.7. The Hall–Kier alpha value is -1.41. The van der Waals surface area contributed by atoms with Crippen LogP contribution < -0.4 is 0 Å². The van der Waals surface area contributed by atoms with E-state index >= 15 is 0 Å². The van der Waals surface area contributed by atoms with Gasteiger partial charge in [0.15, 0.2) is 0 Å². The van der Waals surface area contributed by atoms with Gasteiger partial charge in [-0.15, -0.1) is 11.6 Å². The number of aromatic hydroxyl groups is 2. The van der Waals surface area contributed by atoms with Crippen LogP contribution in [0, 0.1) is 0 Å². The second-order valence-corrected chi connectivity index (χ2v) is 4.96. The molecule has 0 saturated carbocycles. The molecule has 2 N–H and O–H groups in total. The molecule has 0 radical (unpaired) electrons. The van der Waals surface area contributed by atoms with Crippen molar-refractivity contribution in [1.29, 1.82) is 0 Å². The van der Waals surface area contributed by atoms with Crippen LogP contribution in [0.5, 0.6) is 11.5 Å². The molecule has 0 atom stereocenters. The minimum absolute atomic E-state index is 0.149. The van der Waals surface area contributed by atoms with Crippen LogP contribution in [-0.2, 0) is 0 Å². The van der Waals surface area contributed by atoms with Crippen LogP contribution >= 0.6 is 11.6 Å². The molecule has 0 unspecified atom stereocenters. The molecule has 3 heteroatoms. The van der Waals surface area contributed by atoms with E-state index in [4.69, 9.17) is 11.6 Å². The Morgan fingerprint density at radius 3 is 2.32 bits per heavy atom. The van der Waals surface area contributed by atoms with Crippen molar-refractivity contribution < 1.29 is 10.2 Å². The molecule has 0 aromatic heterocycles. The van der Waals surface area contributed by atoms with Gasteiger partial charge in [0.05, 0.1) is 0 Å². The quantitative estimate of drug-likeness (QED) is 0.470. The lowest BCUT2D eigenvalue weighted by molar-refractivity contribution is 0.458. The van der Waals surface area contributed by atoms with Gasteiger partial charge >= 0.3 is 0 Å². The molecule has 0 saturated heterocycles. The van der Waals surface area contributed by atoms with Crippen molar-refractivity contribution in [2.75, 3.05) is 5.88 Å². The lowest BCUT2D eigenvalue weighted by Crippen LogP contribution is -1.95. The average molecular weight is 281 g/mol. The summed E-state index contributed by atoms with van der Waals surface area (Å²) in [4.78, 5) is 0. The van der Waals surface area contributed by atoms with Crippen LogP contribution in [0.25, 0.3) is 5.57 Å². The highest BCUT2D eigenvalue weighted by Crippen LogP contribution is 2.33. The number of allylic oxidation sites excluding steroid dienone is 4. The zero-order valence-electron chi connectivity index (χ0n) is 11.9. The van der Waals surface area contributed by atoms with Crippen molar-refractivity contribution in [3.63, 3.8) is 0 Å². The molecule has 0 heterocycles. The van der Waals surface area contributed by atoms with E-state index in [2.05, 4.69) is 6.92 Å². The molecule has 19 heavy (non-hydrogen) atoms. The topological polar surface area (TPSA) is 40.5 Å². The molecule has 0 spiro atoms. The fraction of sp³-hybridized carbons (Fsp3) is 0.375. The Morgan fingerprint density at radius 2 is 1.79 bits per heavy atom. The molecule has 0 bridgehead atoms. The van der Waals surface area contributed by atoms with Gasteiger partial charge in [-0.05, 0) is 62.1 Å². The highest BCUT2D eigenvalue weighted by atomic mass is 35.5. The summed E-state index contributed by atoms with van der Waals surface area (Å²) in [5.41, 5.74) is 5.05. The largest absolute Gasteiger partial charge is 0.508 e. The van der Waals surface area contributed by atoms with Crippen molar-refractivity contribution in [3.05, 3.63) is 40.5 Å². The minimum atomic E-state index is 0.149. The van der Waals surface area contributed by atoms with E-state index in [1.807, 2.05) is 20.8 Å². The first-order valence-electron chi connectivity index (χ1n) is 6.37. The molecular weight excluding hydrogens is 260 g/mol. The second-order valence-electron chi connectivity index (χ2n) is 4.70. The standard InChI is InChI=1S/C16H21ClO2/c1-5-14(10(2)9-17)11(3)12(4)15-8-13(18)6-7-16(15)19/h6-8,18-19H,5,9H2,1-4H3/b12-11+,14-10-. The van der Waals surface area contributed by atoms with E-state index in [9.17, 15) is 10.2 Å². The summed E-state index contributed by atoms with van der Waals surface area (Å²) in [5.74, 6) is 0.824. The highest BCUT2D eigenvalue weighted by molar-refractivity contribution is 6.19. The van der Waals surface area contributed by atoms with E-state index in [0.29, 0.717) is 11.4 Å². The number of phenols is 2. The molecule has 2 nitrogen and oxygen atoms in total. The fourth-order valence-electron chi connectivity index (χ4n) is 2.22. The van der Waals surface area contributed by atoms with Crippen LogP contribution in [0.2, 0.25) is 0 Å². The molecule has 0 amide bonds. The van der Waals surface area contributed by atoms with Crippen LogP contribution in [0.4, 0.5) is 0 Å². The maximum atomic E-state index is 9.92. The third-order valence-electron chi connectivity index (χ3n) is 3.47. The summed E-state index contributed by atoms with van der Waals surface area (Å²) in [5, 5.41) is 19.5. The smallest absolute Gasteiger partial charge is 0.123 e. The SMILES string of the molecule is CCC(=C(\C)CCl)/C(C)=C(\C)c1cc(O)ccc1O. The number of hydrogen-bond donors (Lipinski definition) is 2. The number of halogens is 1. The monoisotopic (exact) mass is 280 g/mol. The van der Waals surface area contributed by atoms with Crippen molar-refractivity contribution >= 4 is 17.2 Å². The van der Waals surface area contributed by atoms with Crippen molar-refractivity contribution in [2.24, 2.45) is 0 Å². The summed E-state index contributed by atoms with van der Waals surface area (Å²) in [7, 11) is 0. The molecule has 0 fully saturated rings. The van der Waals surface area contributed by atoms with E-state index in [1.54, 1.807) is 6.07 Å². The molecule has 0 aliphatic carbocycles. The van der Waals surface area contributed by atoms with Crippen LogP contribution in [0.15, 0.2) is 34.9 Å². The summed E-state index contributed by atoms with van der Waals surface area (Å²) in [6.45, 7) is 8.07. The van der Waals surface area contributed by atoms with Gasteiger partial charge in [-0.2, -0.15) is 0 Å². The van der Waals surface area contributed by atoms with Gasteiger partial charge in [0.25, 0.3) is 0 Å². The lowest BCUT2D eigenvalue weighted by Gasteiger charge is -2.15. The van der Waals surface area contributed by atoms with E-state index < -0.39 is 0 Å². The fourth-order valence-corrected chi connectivity index (χ4v) is 2.38. The van der Waals surface area contributed by atoms with E-state index in [-0.39, 0.29) is 11.5 Å². The molecule has 104 valence electrons. The van der Waals surface area contributed by atoms with E-state index in [0.717, 1.165) is 23.1 Å². The van der Waals surface area contributed by atoms with Crippen LogP contribution in [0.3, 0.4) is 0 Å². The summed E-state index contributed by atoms with van der Waals surface area (Å²) >= 11 is 5.91. The second kappa shape index (κ2) is 6.67. The Bertz CT molecular complexity index is 528. The summed E-state index contributed by atoms with van der Waals surface area (Å²) in [6, 6.07) is 4.56. The Kier molecular flexibility index (Phi) is 5.49. The maximum Gasteiger partial charge on any atom is 0.123 e. The first-order chi connectivity index (χ1) is 8.92. The van der Waals surface area contributed by atoms with Crippen molar-refractivity contribution in [3.8, 4) is 11.5 Å². The highest BCUT2D eigenvalue weighted by Gasteiger charge is 2.11. The average Bonchev–Trinajstić information content (AvgIpc) is 2.41. The molecule has 1 rings (SSSR count). The Morgan fingerprint density at radius 1 is 1.16 bits per heavy atom. The Labute approximate surface area is 120 Å². The summed E-state index contributed by atoms with van der Waals surface area (Å²) < 4.78 is 0. The third kappa shape index (κ3) is 3.54. The van der Waals surface area contributed by atoms with Gasteiger partial charge < -0.3 is 10.2 Å². The number of benzene rings is 1. The van der Waals surface area contributed by atoms with Gasteiger partial charge in [0.1, 0.15) is 11.5 Å². The van der Waals surface area contributed by atoms with Crippen molar-refractivity contribution in [2.45, 2.75) is 34.1 Å². The number of alkyl halides is 1. The minimum Gasteiger partial charge on any atom is -0.508 e. The zero-order chi connectivity index (χ0) is 14.6. The van der Waals surface area contributed by atoms with Gasteiger partial charge in [-0.1, -0.05) is 12.5 Å². The lowest BCUT2D eigenvalue weighted by atomic mass is 9.92. The van der Waals surface area contributed by atoms with Crippen LogP contribution in [0.1, 0.15) is 39.7 Å². The van der Waals surface area contributed by atoms with E-state index in [1.165, 1.54) is 17.7 Å². The molecule has 1 aromatic rings. The normalized spacial score (nSPS) is 13.9. The van der Waals surface area contributed by atoms with Gasteiger partial charge in [0.2, 0.25) is 0 Å². The molecule has 1 aromatic carbocycles. The first-order valence-corrected chi connectivity index (χ1v) is 6.90. The predicted molar refractivity (Wildman–Crippen MR) is 81.8 cm³/mol. The number of phenolic OH excluding ortho intramolecular Hbond substituents is 2. The first kappa shape index (κ1) is 15.6. The van der Waals surface area contributed by atoms with Crippen LogP contribution in [-0.4, -0.2) is 16.1 Å². The molecular formula is C16H21ClO2. The Balaban J connectivity index is 3.40. The van der Waals surface area contributed by atoms with Crippen molar-refractivity contribution in [1.82, 2.24) is 0 Å². The maximum absolute atomic E-state index is 9.92. The number of hydrogen-bond acceptors (Lipinski definition) is 2. The van der Waals surface area contributed by atoms with Gasteiger partial charge in [-0.25, -0.2) is 0 Å². The van der Waals surface area contributed by atoms with Gasteiger partial charge in [-0.3, -0.25) is 0 Å². The third-order valence-corrected chi connectivity index (χ3v) is 3.87. The molecule has 0 aliphatic rings.